The first-order chi connectivity index (χ1) is 12.8. The zero-order valence-electron chi connectivity index (χ0n) is 19.2. The first kappa shape index (κ1) is 25.2. The van der Waals surface area contributed by atoms with Gasteiger partial charge in [-0.25, -0.2) is 0 Å². The van der Waals surface area contributed by atoms with E-state index in [1.807, 2.05) is 30.9 Å². The van der Waals surface area contributed by atoms with E-state index in [2.05, 4.69) is 60.6 Å². The lowest BCUT2D eigenvalue weighted by atomic mass is 9.92. The van der Waals surface area contributed by atoms with Crippen molar-refractivity contribution in [2.45, 2.75) is 81.6 Å². The molecule has 0 bridgehead atoms. The molecule has 0 aliphatic heterocycles. The van der Waals surface area contributed by atoms with E-state index in [0.29, 0.717) is 0 Å². The van der Waals surface area contributed by atoms with Crippen LogP contribution in [0.1, 0.15) is 97.5 Å². The van der Waals surface area contributed by atoms with Crippen LogP contribution in [0.25, 0.3) is 5.57 Å². The summed E-state index contributed by atoms with van der Waals surface area (Å²) in [6.07, 6.45) is 3.17. The number of unbranched alkanes of at least 4 members (excludes halogenated alkanes) is 1. The number of carbonyl (C=O) groups excluding carboxylic acids is 1. The van der Waals surface area contributed by atoms with Crippen LogP contribution in [0, 0.1) is 0 Å². The molecule has 0 saturated carbocycles. The largest absolute Gasteiger partial charge is 0.339 e. The lowest BCUT2D eigenvalue weighted by Gasteiger charge is -2.22. The standard InChI is InChI=1S/C23H35NO.C2H6/c1-8-10-16-24(15-9-2)23(25)21-13-11-20(12-14-21)22(18(5)6)19(7)17(3)4;1-2/h11-14H,8-10,15-16H2,1-7H3;1-2H3. The summed E-state index contributed by atoms with van der Waals surface area (Å²) in [6.45, 7) is 20.7. The van der Waals surface area contributed by atoms with Crippen molar-refractivity contribution < 1.29 is 4.79 Å². The van der Waals surface area contributed by atoms with Crippen LogP contribution in [0.2, 0.25) is 0 Å². The minimum absolute atomic E-state index is 0.152. The maximum Gasteiger partial charge on any atom is 0.253 e. The molecular weight excluding hydrogens is 330 g/mol. The van der Waals surface area contributed by atoms with E-state index < -0.39 is 0 Å². The summed E-state index contributed by atoms with van der Waals surface area (Å²) in [6, 6.07) is 8.14. The third-order valence-electron chi connectivity index (χ3n) is 4.61. The van der Waals surface area contributed by atoms with Crippen LogP contribution in [-0.4, -0.2) is 23.9 Å². The molecule has 1 amide bonds. The Bertz CT molecular complexity index is 627. The average Bonchev–Trinajstić information content (AvgIpc) is 2.66. The lowest BCUT2D eigenvalue weighted by Crippen LogP contribution is -2.32. The summed E-state index contributed by atoms with van der Waals surface area (Å²) in [7, 11) is 0. The van der Waals surface area contributed by atoms with Gasteiger partial charge in [0, 0.05) is 18.7 Å². The maximum absolute atomic E-state index is 12.8. The Morgan fingerprint density at radius 3 is 1.70 bits per heavy atom. The summed E-state index contributed by atoms with van der Waals surface area (Å²) >= 11 is 0. The number of hydrogen-bond acceptors (Lipinski definition) is 1. The second-order valence-electron chi connectivity index (χ2n) is 7.22. The monoisotopic (exact) mass is 371 g/mol. The predicted molar refractivity (Wildman–Crippen MR) is 121 cm³/mol. The van der Waals surface area contributed by atoms with Gasteiger partial charge in [-0.05, 0) is 76.3 Å². The summed E-state index contributed by atoms with van der Waals surface area (Å²) in [5, 5.41) is 0. The Labute approximate surface area is 168 Å². The highest BCUT2D eigenvalue weighted by atomic mass is 16.2. The third kappa shape index (κ3) is 7.74. The summed E-state index contributed by atoms with van der Waals surface area (Å²) in [5.74, 6) is 0.152. The molecule has 1 aromatic carbocycles. The Morgan fingerprint density at radius 1 is 0.778 bits per heavy atom. The molecule has 0 aliphatic rings. The lowest BCUT2D eigenvalue weighted by molar-refractivity contribution is 0.0753. The number of nitrogens with zero attached hydrogens (tertiary/aromatic N) is 1. The summed E-state index contributed by atoms with van der Waals surface area (Å²) < 4.78 is 0. The van der Waals surface area contributed by atoms with E-state index in [1.54, 1.807) is 0 Å². The number of hydrogen-bond donors (Lipinski definition) is 0. The molecule has 0 unspecified atom stereocenters. The highest BCUT2D eigenvalue weighted by molar-refractivity contribution is 5.95. The van der Waals surface area contributed by atoms with Crippen LogP contribution < -0.4 is 0 Å². The Kier molecular flexibility index (Phi) is 12.5. The number of rotatable bonds is 8. The van der Waals surface area contributed by atoms with Gasteiger partial charge in [0.05, 0.1) is 0 Å². The van der Waals surface area contributed by atoms with Crippen LogP contribution >= 0.6 is 0 Å². The van der Waals surface area contributed by atoms with Gasteiger partial charge in [0.15, 0.2) is 0 Å². The van der Waals surface area contributed by atoms with Gasteiger partial charge < -0.3 is 4.90 Å². The van der Waals surface area contributed by atoms with E-state index in [0.717, 1.165) is 37.9 Å². The van der Waals surface area contributed by atoms with Crippen LogP contribution in [0.4, 0.5) is 0 Å². The highest BCUT2D eigenvalue weighted by Crippen LogP contribution is 2.29. The molecule has 0 aromatic heterocycles. The minimum Gasteiger partial charge on any atom is -0.339 e. The van der Waals surface area contributed by atoms with Crippen LogP contribution in [-0.2, 0) is 0 Å². The number of allylic oxidation sites excluding steroid dienone is 4. The van der Waals surface area contributed by atoms with Crippen LogP contribution in [0.15, 0.2) is 41.0 Å². The highest BCUT2D eigenvalue weighted by Gasteiger charge is 2.15. The van der Waals surface area contributed by atoms with E-state index in [9.17, 15) is 4.79 Å². The van der Waals surface area contributed by atoms with Crippen molar-refractivity contribution in [2.75, 3.05) is 13.1 Å². The molecule has 0 atom stereocenters. The fourth-order valence-corrected chi connectivity index (χ4v) is 3.03. The first-order valence-electron chi connectivity index (χ1n) is 10.5. The van der Waals surface area contributed by atoms with Crippen molar-refractivity contribution in [3.05, 3.63) is 52.1 Å². The second-order valence-corrected chi connectivity index (χ2v) is 7.22. The topological polar surface area (TPSA) is 20.3 Å². The van der Waals surface area contributed by atoms with Gasteiger partial charge >= 0.3 is 0 Å². The van der Waals surface area contributed by atoms with Crippen molar-refractivity contribution in [1.29, 1.82) is 0 Å². The maximum atomic E-state index is 12.8. The van der Waals surface area contributed by atoms with Crippen molar-refractivity contribution in [3.8, 4) is 0 Å². The fourth-order valence-electron chi connectivity index (χ4n) is 3.03. The molecule has 2 nitrogen and oxygen atoms in total. The zero-order chi connectivity index (χ0) is 21.0. The molecule has 0 fully saturated rings. The van der Waals surface area contributed by atoms with Gasteiger partial charge in [-0.2, -0.15) is 0 Å². The second kappa shape index (κ2) is 13.4. The molecule has 1 aromatic rings. The van der Waals surface area contributed by atoms with E-state index in [4.69, 9.17) is 0 Å². The quantitative estimate of drug-likeness (QED) is 0.433. The molecule has 0 spiro atoms. The van der Waals surface area contributed by atoms with Crippen LogP contribution in [0.5, 0.6) is 0 Å². The summed E-state index contributed by atoms with van der Waals surface area (Å²) in [5.41, 5.74) is 7.20. The fraction of sp³-hybridized carbons (Fsp3) is 0.560. The first-order valence-corrected chi connectivity index (χ1v) is 10.5. The van der Waals surface area contributed by atoms with Crippen molar-refractivity contribution in [3.63, 3.8) is 0 Å². The molecule has 1 rings (SSSR count). The molecule has 0 heterocycles. The molecule has 0 aliphatic carbocycles. The molecular formula is C25H41NO. The Balaban J connectivity index is 0.00000326. The summed E-state index contributed by atoms with van der Waals surface area (Å²) in [4.78, 5) is 14.8. The van der Waals surface area contributed by atoms with E-state index in [-0.39, 0.29) is 5.91 Å². The van der Waals surface area contributed by atoms with E-state index >= 15 is 0 Å². The molecule has 152 valence electrons. The Morgan fingerprint density at radius 2 is 1.30 bits per heavy atom. The number of amides is 1. The van der Waals surface area contributed by atoms with Crippen molar-refractivity contribution in [2.24, 2.45) is 0 Å². The third-order valence-corrected chi connectivity index (χ3v) is 4.61. The molecule has 0 radical (unpaired) electrons. The van der Waals surface area contributed by atoms with Gasteiger partial charge in [-0.3, -0.25) is 4.79 Å². The van der Waals surface area contributed by atoms with Crippen molar-refractivity contribution in [1.82, 2.24) is 4.90 Å². The van der Waals surface area contributed by atoms with Gasteiger partial charge in [-0.15, -0.1) is 0 Å². The van der Waals surface area contributed by atoms with Crippen LogP contribution in [0.3, 0.4) is 0 Å². The van der Waals surface area contributed by atoms with Crippen molar-refractivity contribution >= 4 is 11.5 Å². The average molecular weight is 372 g/mol. The van der Waals surface area contributed by atoms with Gasteiger partial charge in [0.25, 0.3) is 5.91 Å². The van der Waals surface area contributed by atoms with Gasteiger partial charge in [0.2, 0.25) is 0 Å². The minimum atomic E-state index is 0.152. The molecule has 2 heteroatoms. The molecule has 27 heavy (non-hydrogen) atoms. The van der Waals surface area contributed by atoms with E-state index in [1.165, 1.54) is 27.9 Å². The normalized spacial score (nSPS) is 9.81. The molecule has 0 saturated heterocycles. The number of carbonyl (C=O) groups is 1. The zero-order valence-corrected chi connectivity index (χ0v) is 19.2. The molecule has 0 N–H and O–H groups in total. The smallest absolute Gasteiger partial charge is 0.253 e. The predicted octanol–water partition coefficient (Wildman–Crippen LogP) is 7.51. The van der Waals surface area contributed by atoms with Gasteiger partial charge in [-0.1, -0.05) is 57.4 Å². The number of benzene rings is 1. The SMILES string of the molecule is CC.CCCCN(CCC)C(=O)c1ccc(C(=C(C)C)C(C)=C(C)C)cc1. The Hall–Kier alpha value is -1.83. The van der Waals surface area contributed by atoms with Gasteiger partial charge in [0.1, 0.15) is 0 Å².